The van der Waals surface area contributed by atoms with Crippen LogP contribution in [0.25, 0.3) is 0 Å². The number of amides is 1. The molecule has 1 unspecified atom stereocenters. The Labute approximate surface area is 115 Å². The van der Waals surface area contributed by atoms with E-state index in [4.69, 9.17) is 5.73 Å². The molecule has 0 radical (unpaired) electrons. The number of hydrogen-bond donors (Lipinski definition) is 2. The van der Waals surface area contributed by atoms with Crippen molar-refractivity contribution in [2.24, 2.45) is 17.1 Å². The van der Waals surface area contributed by atoms with Crippen LogP contribution >= 0.6 is 0 Å². The molecule has 1 heterocycles. The summed E-state index contributed by atoms with van der Waals surface area (Å²) in [6.45, 7) is 10.6. The Hall–Kier alpha value is -1.42. The zero-order valence-corrected chi connectivity index (χ0v) is 12.6. The maximum absolute atomic E-state index is 12.2. The van der Waals surface area contributed by atoms with E-state index in [0.29, 0.717) is 12.4 Å². The minimum atomic E-state index is -0.178. The first kappa shape index (κ1) is 15.6. The Balaban J connectivity index is 2.77. The van der Waals surface area contributed by atoms with Crippen LogP contribution in [0.15, 0.2) is 12.1 Å². The van der Waals surface area contributed by atoms with Crippen molar-refractivity contribution < 1.29 is 4.79 Å². The fourth-order valence-corrected chi connectivity index (χ4v) is 2.16. The molecule has 1 aromatic heterocycles. The van der Waals surface area contributed by atoms with Gasteiger partial charge >= 0.3 is 0 Å². The van der Waals surface area contributed by atoms with E-state index in [1.165, 1.54) is 0 Å². The molecular weight excluding hydrogens is 238 g/mol. The number of nitrogens with two attached hydrogens (primary N) is 1. The molecule has 0 aliphatic rings. The smallest absolute Gasteiger partial charge is 0.229 e. The Bertz CT molecular complexity index is 429. The Kier molecular flexibility index (Phi) is 5.06. The molecule has 1 rings (SSSR count). The van der Waals surface area contributed by atoms with Gasteiger partial charge in [0.1, 0.15) is 5.82 Å². The summed E-state index contributed by atoms with van der Waals surface area (Å²) in [5.41, 5.74) is 7.78. The normalized spacial score (nSPS) is 13.2. The quantitative estimate of drug-likeness (QED) is 0.877. The van der Waals surface area contributed by atoms with E-state index in [9.17, 15) is 4.79 Å². The van der Waals surface area contributed by atoms with E-state index in [-0.39, 0.29) is 17.2 Å². The van der Waals surface area contributed by atoms with Crippen LogP contribution in [0.2, 0.25) is 0 Å². The highest BCUT2D eigenvalue weighted by Gasteiger charge is 2.24. The van der Waals surface area contributed by atoms with Crippen LogP contribution in [0, 0.1) is 25.2 Å². The van der Waals surface area contributed by atoms with E-state index in [1.54, 1.807) is 0 Å². The summed E-state index contributed by atoms with van der Waals surface area (Å²) in [5, 5.41) is 2.87. The molecule has 3 N–H and O–H groups in total. The van der Waals surface area contributed by atoms with Crippen LogP contribution in [-0.2, 0) is 4.79 Å². The molecule has 0 saturated heterocycles. The molecule has 0 aliphatic carbocycles. The summed E-state index contributed by atoms with van der Waals surface area (Å²) in [6, 6.07) is 3.85. The average molecular weight is 263 g/mol. The predicted octanol–water partition coefficient (Wildman–Crippen LogP) is 2.65. The first-order chi connectivity index (χ1) is 8.71. The summed E-state index contributed by atoms with van der Waals surface area (Å²) in [4.78, 5) is 16.5. The standard InChI is InChI=1S/C15H25N3O/c1-10-6-11(2)17-13(7-10)18-14(19)12(9-16)8-15(3,4)5/h6-7,12H,8-9,16H2,1-5H3,(H,17,18,19). The zero-order valence-electron chi connectivity index (χ0n) is 12.6. The van der Waals surface area contributed by atoms with Crippen molar-refractivity contribution in [3.05, 3.63) is 23.4 Å². The molecule has 4 heteroatoms. The number of anilines is 1. The largest absolute Gasteiger partial charge is 0.330 e. The third-order valence-corrected chi connectivity index (χ3v) is 2.86. The molecule has 1 amide bonds. The second-order valence-electron chi connectivity index (χ2n) is 6.36. The third-order valence-electron chi connectivity index (χ3n) is 2.86. The molecule has 19 heavy (non-hydrogen) atoms. The zero-order chi connectivity index (χ0) is 14.6. The topological polar surface area (TPSA) is 68.0 Å². The molecule has 0 spiro atoms. The van der Waals surface area contributed by atoms with Gasteiger partial charge in [-0.2, -0.15) is 0 Å². The Morgan fingerprint density at radius 2 is 2.00 bits per heavy atom. The number of aromatic nitrogens is 1. The van der Waals surface area contributed by atoms with Crippen molar-refractivity contribution in [2.75, 3.05) is 11.9 Å². The van der Waals surface area contributed by atoms with Crippen LogP contribution in [0.5, 0.6) is 0 Å². The minimum Gasteiger partial charge on any atom is -0.330 e. The van der Waals surface area contributed by atoms with Crippen molar-refractivity contribution in [3.8, 4) is 0 Å². The summed E-state index contributed by atoms with van der Waals surface area (Å²) >= 11 is 0. The lowest BCUT2D eigenvalue weighted by Gasteiger charge is -2.24. The van der Waals surface area contributed by atoms with Crippen molar-refractivity contribution in [2.45, 2.75) is 41.0 Å². The van der Waals surface area contributed by atoms with Crippen LogP contribution in [-0.4, -0.2) is 17.4 Å². The highest BCUT2D eigenvalue weighted by Crippen LogP contribution is 2.24. The molecule has 4 nitrogen and oxygen atoms in total. The second kappa shape index (κ2) is 6.15. The number of pyridine rings is 1. The van der Waals surface area contributed by atoms with Gasteiger partial charge in [-0.1, -0.05) is 20.8 Å². The van der Waals surface area contributed by atoms with E-state index in [0.717, 1.165) is 17.7 Å². The van der Waals surface area contributed by atoms with Gasteiger partial charge in [0.05, 0.1) is 5.92 Å². The number of carbonyl (C=O) groups excluding carboxylic acids is 1. The van der Waals surface area contributed by atoms with Gasteiger partial charge in [0.2, 0.25) is 5.91 Å². The van der Waals surface area contributed by atoms with E-state index in [2.05, 4.69) is 31.1 Å². The third kappa shape index (κ3) is 5.39. The highest BCUT2D eigenvalue weighted by molar-refractivity contribution is 5.91. The number of rotatable bonds is 4. The van der Waals surface area contributed by atoms with Gasteiger partial charge in [-0.25, -0.2) is 4.98 Å². The molecule has 0 saturated carbocycles. The van der Waals surface area contributed by atoms with Crippen molar-refractivity contribution in [1.29, 1.82) is 0 Å². The van der Waals surface area contributed by atoms with Crippen LogP contribution < -0.4 is 11.1 Å². The van der Waals surface area contributed by atoms with E-state index in [1.807, 2.05) is 26.0 Å². The van der Waals surface area contributed by atoms with Crippen LogP contribution in [0.3, 0.4) is 0 Å². The lowest BCUT2D eigenvalue weighted by molar-refractivity contribution is -0.120. The number of aryl methyl sites for hydroxylation is 2. The van der Waals surface area contributed by atoms with Gasteiger partial charge < -0.3 is 11.1 Å². The molecule has 0 bridgehead atoms. The fourth-order valence-electron chi connectivity index (χ4n) is 2.16. The van der Waals surface area contributed by atoms with Gasteiger partial charge in [0.15, 0.2) is 0 Å². The molecule has 1 atom stereocenters. The maximum Gasteiger partial charge on any atom is 0.229 e. The van der Waals surface area contributed by atoms with E-state index >= 15 is 0 Å². The molecule has 0 aromatic carbocycles. The number of nitrogens with one attached hydrogen (secondary N) is 1. The van der Waals surface area contributed by atoms with Gasteiger partial charge in [0, 0.05) is 12.2 Å². The number of nitrogens with zero attached hydrogens (tertiary/aromatic N) is 1. The summed E-state index contributed by atoms with van der Waals surface area (Å²) in [6.07, 6.45) is 0.764. The van der Waals surface area contributed by atoms with E-state index < -0.39 is 0 Å². The SMILES string of the molecule is Cc1cc(C)nc(NC(=O)C(CN)CC(C)(C)C)c1. The summed E-state index contributed by atoms with van der Waals surface area (Å²) < 4.78 is 0. The summed E-state index contributed by atoms with van der Waals surface area (Å²) in [7, 11) is 0. The van der Waals surface area contributed by atoms with Gasteiger partial charge in [0.25, 0.3) is 0 Å². The first-order valence-corrected chi connectivity index (χ1v) is 6.67. The molecule has 0 aliphatic heterocycles. The maximum atomic E-state index is 12.2. The second-order valence-corrected chi connectivity index (χ2v) is 6.36. The molecule has 106 valence electrons. The van der Waals surface area contributed by atoms with Gasteiger partial charge in [-0.3, -0.25) is 4.79 Å². The van der Waals surface area contributed by atoms with Crippen molar-refractivity contribution in [3.63, 3.8) is 0 Å². The fraction of sp³-hybridized carbons (Fsp3) is 0.600. The number of carbonyl (C=O) groups is 1. The van der Waals surface area contributed by atoms with Crippen LogP contribution in [0.4, 0.5) is 5.82 Å². The lowest BCUT2D eigenvalue weighted by atomic mass is 9.84. The lowest BCUT2D eigenvalue weighted by Crippen LogP contribution is -2.32. The van der Waals surface area contributed by atoms with Crippen molar-refractivity contribution in [1.82, 2.24) is 4.98 Å². The monoisotopic (exact) mass is 263 g/mol. The molecule has 0 fully saturated rings. The first-order valence-electron chi connectivity index (χ1n) is 6.67. The molecule has 1 aromatic rings. The highest BCUT2D eigenvalue weighted by atomic mass is 16.1. The predicted molar refractivity (Wildman–Crippen MR) is 79.0 cm³/mol. The average Bonchev–Trinajstić information content (AvgIpc) is 2.22. The summed E-state index contributed by atoms with van der Waals surface area (Å²) in [5.74, 6) is 0.382. The number of hydrogen-bond acceptors (Lipinski definition) is 3. The van der Waals surface area contributed by atoms with Crippen LogP contribution in [0.1, 0.15) is 38.4 Å². The molecular formula is C15H25N3O. The van der Waals surface area contributed by atoms with Gasteiger partial charge in [-0.15, -0.1) is 0 Å². The Morgan fingerprint density at radius 3 is 2.47 bits per heavy atom. The van der Waals surface area contributed by atoms with Gasteiger partial charge in [-0.05, 0) is 43.4 Å². The van der Waals surface area contributed by atoms with Crippen molar-refractivity contribution >= 4 is 11.7 Å². The minimum absolute atomic E-state index is 0.0464. The Morgan fingerprint density at radius 1 is 1.37 bits per heavy atom.